The maximum absolute atomic E-state index is 14.7. The van der Waals surface area contributed by atoms with Gasteiger partial charge in [-0.3, -0.25) is 4.98 Å². The van der Waals surface area contributed by atoms with E-state index in [4.69, 9.17) is 25.8 Å². The van der Waals surface area contributed by atoms with Gasteiger partial charge in [-0.15, -0.1) is 0 Å². The molecule has 5 nitrogen and oxygen atoms in total. The van der Waals surface area contributed by atoms with Crippen molar-refractivity contribution in [2.45, 2.75) is 6.54 Å². The number of hydrogen-bond acceptors (Lipinski definition) is 5. The molecular weight excluding hydrogens is 359 g/mol. The predicted molar refractivity (Wildman–Crippen MR) is 100 cm³/mol. The number of halogens is 2. The van der Waals surface area contributed by atoms with Crippen LogP contribution in [0.4, 0.5) is 10.1 Å². The van der Waals surface area contributed by atoms with E-state index in [1.54, 1.807) is 38.5 Å². The molecular formula is C19H18ClFN2O3. The molecule has 136 valence electrons. The summed E-state index contributed by atoms with van der Waals surface area (Å²) >= 11 is 6.09. The molecule has 3 rings (SSSR count). The highest BCUT2D eigenvalue weighted by Crippen LogP contribution is 2.40. The van der Waals surface area contributed by atoms with Crippen molar-refractivity contribution in [2.75, 3.05) is 26.6 Å². The minimum atomic E-state index is -0.454. The van der Waals surface area contributed by atoms with Crippen LogP contribution in [0, 0.1) is 5.82 Å². The van der Waals surface area contributed by atoms with E-state index in [9.17, 15) is 4.39 Å². The summed E-state index contributed by atoms with van der Waals surface area (Å²) in [4.78, 5) is 4.08. The summed E-state index contributed by atoms with van der Waals surface area (Å²) in [5.74, 6) is 1.12. The third-order valence-electron chi connectivity index (χ3n) is 4.05. The van der Waals surface area contributed by atoms with Gasteiger partial charge in [-0.05, 0) is 30.3 Å². The number of benzene rings is 2. The molecule has 3 aromatic rings. The molecule has 1 N–H and O–H groups in total. The highest BCUT2D eigenvalue weighted by Gasteiger charge is 2.16. The summed E-state index contributed by atoms with van der Waals surface area (Å²) in [6.45, 7) is 0.326. The first-order valence-electron chi connectivity index (χ1n) is 7.85. The molecule has 0 bridgehead atoms. The first kappa shape index (κ1) is 18.1. The quantitative estimate of drug-likeness (QED) is 0.677. The molecule has 0 aliphatic rings. The maximum Gasteiger partial charge on any atom is 0.203 e. The molecule has 0 unspecified atom stereocenters. The fourth-order valence-electron chi connectivity index (χ4n) is 2.78. The van der Waals surface area contributed by atoms with Crippen molar-refractivity contribution < 1.29 is 18.6 Å². The van der Waals surface area contributed by atoms with Crippen LogP contribution in [-0.2, 0) is 6.54 Å². The Morgan fingerprint density at radius 3 is 2.46 bits per heavy atom. The third-order valence-corrected chi connectivity index (χ3v) is 4.38. The smallest absolute Gasteiger partial charge is 0.203 e. The zero-order chi connectivity index (χ0) is 18.7. The van der Waals surface area contributed by atoms with Crippen LogP contribution < -0.4 is 19.5 Å². The van der Waals surface area contributed by atoms with Gasteiger partial charge in [0.25, 0.3) is 0 Å². The van der Waals surface area contributed by atoms with E-state index in [1.807, 2.05) is 6.07 Å². The highest BCUT2D eigenvalue weighted by atomic mass is 35.5. The third kappa shape index (κ3) is 3.20. The van der Waals surface area contributed by atoms with E-state index >= 15 is 0 Å². The van der Waals surface area contributed by atoms with Crippen LogP contribution in [-0.4, -0.2) is 26.3 Å². The standard InChI is InChI=1S/C19H18ClFN2O3/c1-24-15-7-4-11(18(25-2)19(15)26-3)10-23-14-6-5-12-13(20)8-9-22-17(12)16(14)21/h4-9,23H,10H2,1-3H3. The molecule has 1 aromatic heterocycles. The minimum absolute atomic E-state index is 0.224. The second-order valence-electron chi connectivity index (χ2n) is 5.46. The molecule has 0 fully saturated rings. The van der Waals surface area contributed by atoms with Crippen LogP contribution in [0.15, 0.2) is 36.5 Å². The fraction of sp³-hybridized carbons (Fsp3) is 0.211. The molecule has 0 saturated heterocycles. The van der Waals surface area contributed by atoms with Gasteiger partial charge < -0.3 is 19.5 Å². The molecule has 7 heteroatoms. The SMILES string of the molecule is COc1ccc(CNc2ccc3c(Cl)ccnc3c2F)c(OC)c1OC. The van der Waals surface area contributed by atoms with Crippen LogP contribution in [0.3, 0.4) is 0 Å². The van der Waals surface area contributed by atoms with Gasteiger partial charge in [-0.2, -0.15) is 0 Å². The van der Waals surface area contributed by atoms with Crippen molar-refractivity contribution in [3.63, 3.8) is 0 Å². The molecule has 0 atom stereocenters. The monoisotopic (exact) mass is 376 g/mol. The number of nitrogens with zero attached hydrogens (tertiary/aromatic N) is 1. The second-order valence-corrected chi connectivity index (χ2v) is 5.87. The average Bonchev–Trinajstić information content (AvgIpc) is 2.67. The number of hydrogen-bond donors (Lipinski definition) is 1. The lowest BCUT2D eigenvalue weighted by Crippen LogP contribution is -2.05. The maximum atomic E-state index is 14.7. The van der Waals surface area contributed by atoms with Gasteiger partial charge in [0.1, 0.15) is 5.52 Å². The molecule has 1 heterocycles. The summed E-state index contributed by atoms with van der Waals surface area (Å²) in [6.07, 6.45) is 1.48. The van der Waals surface area contributed by atoms with Gasteiger partial charge in [-0.25, -0.2) is 4.39 Å². The minimum Gasteiger partial charge on any atom is -0.493 e. The van der Waals surface area contributed by atoms with Gasteiger partial charge in [0.2, 0.25) is 5.75 Å². The summed E-state index contributed by atoms with van der Waals surface area (Å²) in [5.41, 5.74) is 1.34. The zero-order valence-electron chi connectivity index (χ0n) is 14.6. The van der Waals surface area contributed by atoms with Crippen molar-refractivity contribution in [1.82, 2.24) is 4.98 Å². The van der Waals surface area contributed by atoms with Crippen molar-refractivity contribution in [2.24, 2.45) is 0 Å². The Bertz CT molecular complexity index is 950. The van der Waals surface area contributed by atoms with Crippen LogP contribution in [0.1, 0.15) is 5.56 Å². The predicted octanol–water partition coefficient (Wildman–Crippen LogP) is 4.67. The molecule has 0 radical (unpaired) electrons. The van der Waals surface area contributed by atoms with Crippen molar-refractivity contribution in [3.8, 4) is 17.2 Å². The lowest BCUT2D eigenvalue weighted by molar-refractivity contribution is 0.322. The first-order chi connectivity index (χ1) is 12.6. The average molecular weight is 377 g/mol. The number of nitrogens with one attached hydrogen (secondary N) is 1. The Morgan fingerprint density at radius 1 is 1.00 bits per heavy atom. The van der Waals surface area contributed by atoms with Crippen LogP contribution in [0.25, 0.3) is 10.9 Å². The first-order valence-corrected chi connectivity index (χ1v) is 8.23. The normalized spacial score (nSPS) is 10.7. The van der Waals surface area contributed by atoms with E-state index in [-0.39, 0.29) is 5.52 Å². The van der Waals surface area contributed by atoms with Crippen LogP contribution in [0.2, 0.25) is 5.02 Å². The number of methoxy groups -OCH3 is 3. The topological polar surface area (TPSA) is 52.6 Å². The molecule has 2 aromatic carbocycles. The van der Waals surface area contributed by atoms with Gasteiger partial charge in [0.15, 0.2) is 17.3 Å². The van der Waals surface area contributed by atoms with E-state index < -0.39 is 5.82 Å². The Kier molecular flexibility index (Phi) is 5.32. The molecule has 0 spiro atoms. The number of ether oxygens (including phenoxy) is 3. The second kappa shape index (κ2) is 7.66. The van der Waals surface area contributed by atoms with Gasteiger partial charge >= 0.3 is 0 Å². The van der Waals surface area contributed by atoms with Gasteiger partial charge in [0.05, 0.1) is 32.0 Å². The number of fused-ring (bicyclic) bond motifs is 1. The van der Waals surface area contributed by atoms with Gasteiger partial charge in [-0.1, -0.05) is 11.6 Å². The lowest BCUT2D eigenvalue weighted by atomic mass is 10.1. The number of pyridine rings is 1. The summed E-state index contributed by atoms with van der Waals surface area (Å²) < 4.78 is 30.8. The van der Waals surface area contributed by atoms with E-state index in [0.29, 0.717) is 39.9 Å². The van der Waals surface area contributed by atoms with Crippen LogP contribution >= 0.6 is 11.6 Å². The van der Waals surface area contributed by atoms with E-state index in [2.05, 4.69) is 10.3 Å². The molecule has 0 saturated carbocycles. The molecule has 26 heavy (non-hydrogen) atoms. The number of aromatic nitrogens is 1. The molecule has 0 aliphatic heterocycles. The van der Waals surface area contributed by atoms with Crippen molar-refractivity contribution in [3.05, 3.63) is 52.9 Å². The summed E-state index contributed by atoms with van der Waals surface area (Å²) in [6, 6.07) is 8.61. The Balaban J connectivity index is 1.92. The summed E-state index contributed by atoms with van der Waals surface area (Å²) in [7, 11) is 4.64. The summed E-state index contributed by atoms with van der Waals surface area (Å²) in [5, 5.41) is 4.10. The largest absolute Gasteiger partial charge is 0.493 e. The number of rotatable bonds is 6. The Hall–Kier alpha value is -2.73. The number of anilines is 1. The highest BCUT2D eigenvalue weighted by molar-refractivity contribution is 6.35. The van der Waals surface area contributed by atoms with Crippen molar-refractivity contribution in [1.29, 1.82) is 0 Å². The molecule has 0 amide bonds. The Labute approximate surface area is 155 Å². The zero-order valence-corrected chi connectivity index (χ0v) is 15.4. The van der Waals surface area contributed by atoms with Gasteiger partial charge in [0, 0.05) is 23.7 Å². The van der Waals surface area contributed by atoms with Crippen molar-refractivity contribution >= 4 is 28.2 Å². The van der Waals surface area contributed by atoms with Crippen LogP contribution in [0.5, 0.6) is 17.2 Å². The van der Waals surface area contributed by atoms with E-state index in [1.165, 1.54) is 13.3 Å². The Morgan fingerprint density at radius 2 is 1.77 bits per heavy atom. The van der Waals surface area contributed by atoms with E-state index in [0.717, 1.165) is 5.56 Å². The fourth-order valence-corrected chi connectivity index (χ4v) is 2.99. The lowest BCUT2D eigenvalue weighted by Gasteiger charge is -2.17. The molecule has 0 aliphatic carbocycles.